The van der Waals surface area contributed by atoms with Gasteiger partial charge in [-0.15, -0.1) is 0 Å². The van der Waals surface area contributed by atoms with Crippen molar-refractivity contribution in [2.24, 2.45) is 0 Å². The number of hydrogen-bond acceptors (Lipinski definition) is 5. The van der Waals surface area contributed by atoms with Crippen molar-refractivity contribution in [3.8, 4) is 0 Å². The highest BCUT2D eigenvalue weighted by atomic mass is 127. The predicted molar refractivity (Wildman–Crippen MR) is 70.6 cm³/mol. The van der Waals surface area contributed by atoms with E-state index in [9.17, 15) is 0 Å². The Labute approximate surface area is 95.6 Å². The molecule has 0 amide bonds. The summed E-state index contributed by atoms with van der Waals surface area (Å²) in [7, 11) is 0. The first-order valence-corrected chi connectivity index (χ1v) is 4.87. The molecule has 1 aromatic rings. The third-order valence-corrected chi connectivity index (χ3v) is 3.00. The standard InChI is InChI=1S/C8H12IN5/c1-2-14-8-6(12)4(10)3(9)5(11)7(8)13/h2,14H,1,10-13H2. The molecular formula is C8H12IN5. The van der Waals surface area contributed by atoms with Gasteiger partial charge in [-0.25, -0.2) is 0 Å². The Morgan fingerprint density at radius 1 is 1.00 bits per heavy atom. The zero-order chi connectivity index (χ0) is 10.9. The normalized spacial score (nSPS) is 9.79. The van der Waals surface area contributed by atoms with Gasteiger partial charge in [0, 0.05) is 0 Å². The van der Waals surface area contributed by atoms with Crippen LogP contribution in [0, 0.1) is 3.57 Å². The van der Waals surface area contributed by atoms with Crippen molar-refractivity contribution in [1.82, 2.24) is 0 Å². The van der Waals surface area contributed by atoms with Crippen molar-refractivity contribution >= 4 is 51.0 Å². The number of hydrogen-bond donors (Lipinski definition) is 5. The van der Waals surface area contributed by atoms with E-state index in [1.54, 1.807) is 0 Å². The first-order valence-electron chi connectivity index (χ1n) is 3.79. The molecule has 0 aromatic heterocycles. The fourth-order valence-electron chi connectivity index (χ4n) is 1.05. The highest BCUT2D eigenvalue weighted by Crippen LogP contribution is 2.40. The molecule has 76 valence electrons. The molecule has 0 unspecified atom stereocenters. The molecule has 0 heterocycles. The molecule has 6 heteroatoms. The lowest BCUT2D eigenvalue weighted by Gasteiger charge is -2.15. The zero-order valence-electron chi connectivity index (χ0n) is 7.47. The number of anilines is 5. The summed E-state index contributed by atoms with van der Waals surface area (Å²) in [6.07, 6.45) is 1.47. The van der Waals surface area contributed by atoms with Crippen LogP contribution >= 0.6 is 22.6 Å². The van der Waals surface area contributed by atoms with Gasteiger partial charge in [-0.1, -0.05) is 6.58 Å². The van der Waals surface area contributed by atoms with E-state index in [0.29, 0.717) is 32.0 Å². The third-order valence-electron chi connectivity index (χ3n) is 1.84. The molecule has 0 radical (unpaired) electrons. The largest absolute Gasteiger partial charge is 0.396 e. The second-order valence-electron chi connectivity index (χ2n) is 2.69. The van der Waals surface area contributed by atoms with Gasteiger partial charge in [0.05, 0.1) is 32.0 Å². The van der Waals surface area contributed by atoms with E-state index in [2.05, 4.69) is 11.9 Å². The lowest BCUT2D eigenvalue weighted by atomic mass is 10.1. The lowest BCUT2D eigenvalue weighted by Crippen LogP contribution is -2.09. The maximum Gasteiger partial charge on any atom is 0.0890 e. The predicted octanol–water partition coefficient (Wildman–Crippen LogP) is 1.18. The van der Waals surface area contributed by atoms with Crippen LogP contribution in [0.5, 0.6) is 0 Å². The van der Waals surface area contributed by atoms with Crippen LogP contribution in [-0.2, 0) is 0 Å². The van der Waals surface area contributed by atoms with Crippen LogP contribution in [0.2, 0.25) is 0 Å². The van der Waals surface area contributed by atoms with Crippen LogP contribution in [0.3, 0.4) is 0 Å². The molecule has 0 atom stereocenters. The van der Waals surface area contributed by atoms with Gasteiger partial charge in [0.2, 0.25) is 0 Å². The van der Waals surface area contributed by atoms with E-state index in [-0.39, 0.29) is 0 Å². The Kier molecular flexibility index (Phi) is 2.94. The summed E-state index contributed by atoms with van der Waals surface area (Å²) in [4.78, 5) is 0. The van der Waals surface area contributed by atoms with Crippen LogP contribution < -0.4 is 28.3 Å². The maximum absolute atomic E-state index is 5.76. The smallest absolute Gasteiger partial charge is 0.0890 e. The van der Waals surface area contributed by atoms with Crippen molar-refractivity contribution in [3.63, 3.8) is 0 Å². The molecule has 0 aliphatic rings. The van der Waals surface area contributed by atoms with E-state index >= 15 is 0 Å². The van der Waals surface area contributed by atoms with Gasteiger partial charge < -0.3 is 28.3 Å². The number of nitrogens with two attached hydrogens (primary N) is 4. The van der Waals surface area contributed by atoms with Crippen LogP contribution in [0.15, 0.2) is 12.8 Å². The third kappa shape index (κ3) is 1.52. The van der Waals surface area contributed by atoms with Gasteiger partial charge in [0.1, 0.15) is 0 Å². The number of halogens is 1. The second-order valence-corrected chi connectivity index (χ2v) is 3.77. The Morgan fingerprint density at radius 2 is 1.43 bits per heavy atom. The van der Waals surface area contributed by atoms with Gasteiger partial charge in [0.15, 0.2) is 0 Å². The lowest BCUT2D eigenvalue weighted by molar-refractivity contribution is 1.54. The van der Waals surface area contributed by atoms with Gasteiger partial charge in [0.25, 0.3) is 0 Å². The molecule has 1 aromatic carbocycles. The summed E-state index contributed by atoms with van der Waals surface area (Å²) < 4.78 is 0.673. The first-order chi connectivity index (χ1) is 6.50. The summed E-state index contributed by atoms with van der Waals surface area (Å²) >= 11 is 2.00. The van der Waals surface area contributed by atoms with Crippen LogP contribution in [0.4, 0.5) is 28.4 Å². The highest BCUT2D eigenvalue weighted by Gasteiger charge is 2.14. The van der Waals surface area contributed by atoms with Crippen molar-refractivity contribution < 1.29 is 0 Å². The zero-order valence-corrected chi connectivity index (χ0v) is 9.63. The number of benzene rings is 1. The topological polar surface area (TPSA) is 116 Å². The van der Waals surface area contributed by atoms with E-state index in [0.717, 1.165) is 0 Å². The van der Waals surface area contributed by atoms with Crippen LogP contribution in [0.25, 0.3) is 0 Å². The molecule has 1 rings (SSSR count). The minimum atomic E-state index is 0.390. The van der Waals surface area contributed by atoms with E-state index in [1.165, 1.54) is 6.20 Å². The maximum atomic E-state index is 5.76. The van der Waals surface area contributed by atoms with Crippen LogP contribution in [0.1, 0.15) is 0 Å². The molecule has 5 nitrogen and oxygen atoms in total. The minimum absolute atomic E-state index is 0.390. The molecule has 9 N–H and O–H groups in total. The molecular weight excluding hydrogens is 293 g/mol. The second kappa shape index (κ2) is 3.82. The van der Waals surface area contributed by atoms with Crippen molar-refractivity contribution in [3.05, 3.63) is 16.3 Å². The molecule has 14 heavy (non-hydrogen) atoms. The Balaban J connectivity index is 3.50. The number of nitrogen functional groups attached to an aromatic ring is 4. The van der Waals surface area contributed by atoms with Gasteiger partial charge in [-0.2, -0.15) is 0 Å². The van der Waals surface area contributed by atoms with Gasteiger partial charge in [-0.3, -0.25) is 0 Å². The molecule has 0 fully saturated rings. The van der Waals surface area contributed by atoms with Crippen molar-refractivity contribution in [2.45, 2.75) is 0 Å². The molecule has 0 bridgehead atoms. The summed E-state index contributed by atoms with van der Waals surface area (Å²) in [5.74, 6) is 0. The van der Waals surface area contributed by atoms with Crippen molar-refractivity contribution in [1.29, 1.82) is 0 Å². The summed E-state index contributed by atoms with van der Waals surface area (Å²) in [5.41, 5.74) is 25.2. The molecule has 0 aliphatic carbocycles. The summed E-state index contributed by atoms with van der Waals surface area (Å²) in [6.45, 7) is 3.51. The fourth-order valence-corrected chi connectivity index (χ4v) is 1.63. The monoisotopic (exact) mass is 305 g/mol. The fraction of sp³-hybridized carbons (Fsp3) is 0. The van der Waals surface area contributed by atoms with E-state index in [4.69, 9.17) is 22.9 Å². The van der Waals surface area contributed by atoms with Gasteiger partial charge in [-0.05, 0) is 28.8 Å². The SMILES string of the molecule is C=CNc1c(N)c(N)c(I)c(N)c1N. The average Bonchev–Trinajstić information content (AvgIpc) is 2.19. The highest BCUT2D eigenvalue weighted by molar-refractivity contribution is 14.1. The minimum Gasteiger partial charge on any atom is -0.396 e. The summed E-state index contributed by atoms with van der Waals surface area (Å²) in [5, 5.41) is 2.80. The summed E-state index contributed by atoms with van der Waals surface area (Å²) in [6, 6.07) is 0. The quantitative estimate of drug-likeness (QED) is 0.415. The average molecular weight is 305 g/mol. The number of nitrogens with one attached hydrogen (secondary N) is 1. The first kappa shape index (κ1) is 10.8. The van der Waals surface area contributed by atoms with Crippen molar-refractivity contribution in [2.75, 3.05) is 28.3 Å². The molecule has 0 saturated heterocycles. The Morgan fingerprint density at radius 3 is 1.79 bits per heavy atom. The molecule has 0 spiro atoms. The Hall–Kier alpha value is -1.31. The Bertz CT molecular complexity index is 359. The molecule has 0 saturated carbocycles. The molecule has 0 aliphatic heterocycles. The van der Waals surface area contributed by atoms with E-state index in [1.807, 2.05) is 22.6 Å². The van der Waals surface area contributed by atoms with Crippen LogP contribution in [-0.4, -0.2) is 0 Å². The van der Waals surface area contributed by atoms with Gasteiger partial charge >= 0.3 is 0 Å². The van der Waals surface area contributed by atoms with E-state index < -0.39 is 0 Å². The number of rotatable bonds is 2.